The number of fused-ring (bicyclic) bond motifs is 1. The van der Waals surface area contributed by atoms with Crippen molar-refractivity contribution in [2.75, 3.05) is 0 Å². The van der Waals surface area contributed by atoms with E-state index in [1.807, 2.05) is 11.4 Å². The molecule has 2 nitrogen and oxygen atoms in total. The zero-order valence-corrected chi connectivity index (χ0v) is 6.27. The van der Waals surface area contributed by atoms with Gasteiger partial charge in [0, 0.05) is 10.9 Å². The molecular formula is C7H9NOS. The summed E-state index contributed by atoms with van der Waals surface area (Å²) in [5.41, 5.74) is 6.77. The summed E-state index contributed by atoms with van der Waals surface area (Å²) >= 11 is 1.64. The van der Waals surface area contributed by atoms with E-state index in [0.717, 1.165) is 10.4 Å². The van der Waals surface area contributed by atoms with Gasteiger partial charge < -0.3 is 10.8 Å². The molecule has 2 rings (SSSR count). The normalized spacial score (nSPS) is 30.6. The third-order valence-electron chi connectivity index (χ3n) is 1.90. The topological polar surface area (TPSA) is 46.2 Å². The molecule has 0 bridgehead atoms. The van der Waals surface area contributed by atoms with E-state index in [4.69, 9.17) is 5.73 Å². The minimum Gasteiger partial charge on any atom is -0.388 e. The van der Waals surface area contributed by atoms with Crippen molar-refractivity contribution in [1.82, 2.24) is 0 Å². The van der Waals surface area contributed by atoms with Gasteiger partial charge in [0.1, 0.15) is 0 Å². The maximum Gasteiger partial charge on any atom is 0.0819 e. The lowest BCUT2D eigenvalue weighted by atomic mass is 10.2. The average molecular weight is 155 g/mol. The minimum absolute atomic E-state index is 0.0741. The molecule has 3 heteroatoms. The van der Waals surface area contributed by atoms with Gasteiger partial charge in [0.15, 0.2) is 0 Å². The zero-order valence-electron chi connectivity index (χ0n) is 5.45. The molecule has 0 spiro atoms. The molecule has 10 heavy (non-hydrogen) atoms. The van der Waals surface area contributed by atoms with Crippen LogP contribution in [0.15, 0.2) is 11.4 Å². The Labute approximate surface area is 63.3 Å². The molecule has 1 heterocycles. The van der Waals surface area contributed by atoms with Crippen LogP contribution in [-0.2, 0) is 0 Å². The standard InChI is InChI=1S/C7H9NOS/c8-5-3-6(9)4-1-2-10-7(4)5/h1-2,5-6,9H,3,8H2. The van der Waals surface area contributed by atoms with E-state index in [2.05, 4.69) is 0 Å². The maximum atomic E-state index is 9.37. The van der Waals surface area contributed by atoms with Gasteiger partial charge in [-0.2, -0.15) is 0 Å². The lowest BCUT2D eigenvalue weighted by Gasteiger charge is -1.99. The van der Waals surface area contributed by atoms with Crippen LogP contribution in [-0.4, -0.2) is 5.11 Å². The van der Waals surface area contributed by atoms with Gasteiger partial charge in [-0.15, -0.1) is 11.3 Å². The minimum atomic E-state index is -0.309. The van der Waals surface area contributed by atoms with Gasteiger partial charge in [-0.1, -0.05) is 0 Å². The quantitative estimate of drug-likeness (QED) is 0.591. The van der Waals surface area contributed by atoms with Crippen LogP contribution >= 0.6 is 11.3 Å². The highest BCUT2D eigenvalue weighted by atomic mass is 32.1. The zero-order chi connectivity index (χ0) is 7.14. The first-order valence-corrected chi connectivity index (χ1v) is 4.18. The van der Waals surface area contributed by atoms with Gasteiger partial charge >= 0.3 is 0 Å². The van der Waals surface area contributed by atoms with E-state index in [-0.39, 0.29) is 12.1 Å². The Bertz CT molecular complexity index is 223. The van der Waals surface area contributed by atoms with Crippen LogP contribution in [0.2, 0.25) is 0 Å². The summed E-state index contributed by atoms with van der Waals surface area (Å²) in [5, 5.41) is 11.3. The number of rotatable bonds is 0. The Hall–Kier alpha value is -0.380. The first kappa shape index (κ1) is 6.34. The summed E-state index contributed by atoms with van der Waals surface area (Å²) in [6, 6.07) is 2.03. The van der Waals surface area contributed by atoms with Crippen LogP contribution < -0.4 is 5.73 Å². The van der Waals surface area contributed by atoms with Crippen molar-refractivity contribution in [2.45, 2.75) is 18.6 Å². The first-order valence-electron chi connectivity index (χ1n) is 3.30. The fourth-order valence-electron chi connectivity index (χ4n) is 1.38. The van der Waals surface area contributed by atoms with E-state index in [9.17, 15) is 5.11 Å². The molecule has 0 saturated heterocycles. The Morgan fingerprint density at radius 3 is 3.20 bits per heavy atom. The number of nitrogens with two attached hydrogens (primary N) is 1. The lowest BCUT2D eigenvalue weighted by Crippen LogP contribution is -2.04. The maximum absolute atomic E-state index is 9.37. The molecule has 1 aliphatic carbocycles. The molecule has 1 aromatic rings. The molecule has 0 aliphatic heterocycles. The summed E-state index contributed by atoms with van der Waals surface area (Å²) in [4.78, 5) is 1.16. The number of aliphatic hydroxyl groups is 1. The second-order valence-electron chi connectivity index (χ2n) is 2.60. The van der Waals surface area contributed by atoms with Crippen LogP contribution in [0.1, 0.15) is 29.0 Å². The van der Waals surface area contributed by atoms with Crippen molar-refractivity contribution >= 4 is 11.3 Å². The molecule has 54 valence electrons. The summed E-state index contributed by atoms with van der Waals surface area (Å²) in [5.74, 6) is 0. The van der Waals surface area contributed by atoms with Crippen LogP contribution in [0.3, 0.4) is 0 Å². The predicted molar refractivity (Wildman–Crippen MR) is 40.8 cm³/mol. The average Bonchev–Trinajstić information content (AvgIpc) is 2.39. The fraction of sp³-hybridized carbons (Fsp3) is 0.429. The fourth-order valence-corrected chi connectivity index (χ4v) is 2.35. The Balaban J connectivity index is 2.48. The Morgan fingerprint density at radius 2 is 2.50 bits per heavy atom. The van der Waals surface area contributed by atoms with Gasteiger partial charge in [-0.25, -0.2) is 0 Å². The monoisotopic (exact) mass is 155 g/mol. The largest absolute Gasteiger partial charge is 0.388 e. The number of hydrogen-bond acceptors (Lipinski definition) is 3. The van der Waals surface area contributed by atoms with Crippen molar-refractivity contribution < 1.29 is 5.11 Å². The molecule has 0 aromatic carbocycles. The molecule has 2 unspecified atom stereocenters. The van der Waals surface area contributed by atoms with Crippen molar-refractivity contribution in [3.8, 4) is 0 Å². The molecule has 2 atom stereocenters. The summed E-state index contributed by atoms with van der Waals surface area (Å²) < 4.78 is 0. The third-order valence-corrected chi connectivity index (χ3v) is 2.96. The highest BCUT2D eigenvalue weighted by Crippen LogP contribution is 2.40. The smallest absolute Gasteiger partial charge is 0.0819 e. The Morgan fingerprint density at radius 1 is 1.70 bits per heavy atom. The molecular weight excluding hydrogens is 146 g/mol. The van der Waals surface area contributed by atoms with Crippen molar-refractivity contribution in [3.63, 3.8) is 0 Å². The highest BCUT2D eigenvalue weighted by Gasteiger charge is 2.27. The molecule has 0 amide bonds. The van der Waals surface area contributed by atoms with E-state index in [1.54, 1.807) is 11.3 Å². The second kappa shape index (κ2) is 2.05. The van der Waals surface area contributed by atoms with E-state index in [0.29, 0.717) is 6.42 Å². The van der Waals surface area contributed by atoms with E-state index >= 15 is 0 Å². The lowest BCUT2D eigenvalue weighted by molar-refractivity contribution is 0.173. The van der Waals surface area contributed by atoms with Gasteiger partial charge in [-0.05, 0) is 23.4 Å². The molecule has 0 radical (unpaired) electrons. The highest BCUT2D eigenvalue weighted by molar-refractivity contribution is 7.10. The van der Waals surface area contributed by atoms with Gasteiger partial charge in [0.25, 0.3) is 0 Å². The number of hydrogen-bond donors (Lipinski definition) is 2. The van der Waals surface area contributed by atoms with Gasteiger partial charge in [-0.3, -0.25) is 0 Å². The van der Waals surface area contributed by atoms with Crippen LogP contribution in [0, 0.1) is 0 Å². The first-order chi connectivity index (χ1) is 4.79. The van der Waals surface area contributed by atoms with Crippen molar-refractivity contribution in [2.24, 2.45) is 5.73 Å². The number of aliphatic hydroxyl groups excluding tert-OH is 1. The molecule has 0 fully saturated rings. The summed E-state index contributed by atoms with van der Waals surface area (Å²) in [7, 11) is 0. The molecule has 3 N–H and O–H groups in total. The van der Waals surface area contributed by atoms with Crippen molar-refractivity contribution in [3.05, 3.63) is 21.9 Å². The van der Waals surface area contributed by atoms with E-state index < -0.39 is 0 Å². The molecule has 1 aliphatic rings. The van der Waals surface area contributed by atoms with Gasteiger partial charge in [0.05, 0.1) is 6.10 Å². The second-order valence-corrected chi connectivity index (χ2v) is 3.55. The SMILES string of the molecule is NC1CC(O)c2ccsc21. The molecule has 0 saturated carbocycles. The van der Waals surface area contributed by atoms with Gasteiger partial charge in [0.2, 0.25) is 0 Å². The predicted octanol–water partition coefficient (Wildman–Crippen LogP) is 1.19. The number of thiophene rings is 1. The van der Waals surface area contributed by atoms with Crippen LogP contribution in [0.4, 0.5) is 0 Å². The summed E-state index contributed by atoms with van der Waals surface area (Å²) in [6.07, 6.45) is 0.387. The third kappa shape index (κ3) is 0.714. The van der Waals surface area contributed by atoms with Crippen LogP contribution in [0.5, 0.6) is 0 Å². The summed E-state index contributed by atoms with van der Waals surface area (Å²) in [6.45, 7) is 0. The van der Waals surface area contributed by atoms with Crippen molar-refractivity contribution in [1.29, 1.82) is 0 Å². The van der Waals surface area contributed by atoms with E-state index in [1.165, 1.54) is 0 Å². The Kier molecular flexibility index (Phi) is 1.30. The molecule has 1 aromatic heterocycles. The van der Waals surface area contributed by atoms with Crippen LogP contribution in [0.25, 0.3) is 0 Å².